The van der Waals surface area contributed by atoms with Crippen molar-refractivity contribution < 1.29 is 19.7 Å². The number of aliphatic hydroxyl groups is 2. The number of hydrogen-bond acceptors (Lipinski definition) is 4. The summed E-state index contributed by atoms with van der Waals surface area (Å²) in [6, 6.07) is 0. The normalized spacial score (nSPS) is 39.3. The molecule has 0 aromatic heterocycles. The van der Waals surface area contributed by atoms with Gasteiger partial charge in [-0.25, -0.2) is 4.79 Å². The lowest BCUT2D eigenvalue weighted by atomic mass is 9.73. The third-order valence-electron chi connectivity index (χ3n) is 6.13. The Hall–Kier alpha value is -1.13. The van der Waals surface area contributed by atoms with Gasteiger partial charge in [0.25, 0.3) is 0 Å². The van der Waals surface area contributed by atoms with Gasteiger partial charge in [-0.2, -0.15) is 0 Å². The molecule has 0 saturated heterocycles. The summed E-state index contributed by atoms with van der Waals surface area (Å²) in [5.41, 5.74) is 2.64. The predicted octanol–water partition coefficient (Wildman–Crippen LogP) is 3.19. The quantitative estimate of drug-likeness (QED) is 0.612. The van der Waals surface area contributed by atoms with Crippen LogP contribution in [0.25, 0.3) is 0 Å². The number of esters is 1. The highest BCUT2D eigenvalue weighted by Crippen LogP contribution is 2.56. The van der Waals surface area contributed by atoms with Crippen LogP contribution in [0.15, 0.2) is 22.8 Å². The molecule has 4 heteroatoms. The van der Waals surface area contributed by atoms with Crippen LogP contribution in [0.5, 0.6) is 0 Å². The zero-order valence-electron chi connectivity index (χ0n) is 15.2. The number of fused-ring (bicyclic) bond motifs is 2. The van der Waals surface area contributed by atoms with Gasteiger partial charge in [0.2, 0.25) is 6.29 Å². The van der Waals surface area contributed by atoms with Gasteiger partial charge in [0, 0.05) is 17.1 Å². The van der Waals surface area contributed by atoms with E-state index in [0.717, 1.165) is 25.7 Å². The van der Waals surface area contributed by atoms with Crippen molar-refractivity contribution in [3.8, 4) is 0 Å². The molecule has 134 valence electrons. The van der Waals surface area contributed by atoms with Crippen LogP contribution in [-0.2, 0) is 9.53 Å². The molecule has 2 N–H and O–H groups in total. The van der Waals surface area contributed by atoms with Crippen LogP contribution in [0.4, 0.5) is 0 Å². The zero-order chi connectivity index (χ0) is 17.6. The van der Waals surface area contributed by atoms with Crippen LogP contribution in [0.1, 0.15) is 53.4 Å². The average Bonchev–Trinajstić information content (AvgIpc) is 3.19. The fourth-order valence-electron chi connectivity index (χ4n) is 4.77. The van der Waals surface area contributed by atoms with Crippen molar-refractivity contribution in [2.45, 2.75) is 65.8 Å². The molecule has 0 spiro atoms. The molecule has 0 amide bonds. The van der Waals surface area contributed by atoms with E-state index in [4.69, 9.17) is 4.74 Å². The van der Waals surface area contributed by atoms with Gasteiger partial charge < -0.3 is 14.9 Å². The first-order chi connectivity index (χ1) is 11.3. The molecule has 1 aliphatic heterocycles. The molecule has 0 aromatic rings. The predicted molar refractivity (Wildman–Crippen MR) is 91.8 cm³/mol. The van der Waals surface area contributed by atoms with E-state index in [-0.39, 0.29) is 23.7 Å². The number of ether oxygens (including phenoxy) is 1. The van der Waals surface area contributed by atoms with E-state index in [2.05, 4.69) is 33.8 Å². The molecule has 24 heavy (non-hydrogen) atoms. The molecule has 0 radical (unpaired) electrons. The number of rotatable bonds is 4. The van der Waals surface area contributed by atoms with E-state index in [1.807, 2.05) is 0 Å². The minimum atomic E-state index is -1.17. The minimum Gasteiger partial charge on any atom is -0.428 e. The Morgan fingerprint density at radius 1 is 1.33 bits per heavy atom. The maximum absolute atomic E-state index is 12.3. The summed E-state index contributed by atoms with van der Waals surface area (Å²) in [5.74, 6) is 0.692. The molecule has 0 bridgehead atoms. The van der Waals surface area contributed by atoms with Crippen LogP contribution in [0, 0.1) is 29.6 Å². The summed E-state index contributed by atoms with van der Waals surface area (Å²) in [4.78, 5) is 12.3. The third-order valence-corrected chi connectivity index (χ3v) is 6.13. The highest BCUT2D eigenvalue weighted by atomic mass is 16.6. The van der Waals surface area contributed by atoms with Crippen molar-refractivity contribution in [3.63, 3.8) is 0 Å². The summed E-state index contributed by atoms with van der Waals surface area (Å²) >= 11 is 0. The maximum Gasteiger partial charge on any atom is 0.337 e. The molecule has 1 saturated carbocycles. The van der Waals surface area contributed by atoms with Crippen LogP contribution >= 0.6 is 0 Å². The van der Waals surface area contributed by atoms with Crippen molar-refractivity contribution in [1.82, 2.24) is 0 Å². The van der Waals surface area contributed by atoms with Gasteiger partial charge in [-0.3, -0.25) is 0 Å². The fraction of sp³-hybridized carbons (Fsp3) is 0.750. The largest absolute Gasteiger partial charge is 0.428 e. The van der Waals surface area contributed by atoms with Crippen LogP contribution in [-0.4, -0.2) is 28.6 Å². The second kappa shape index (κ2) is 6.64. The first kappa shape index (κ1) is 17.7. The third kappa shape index (κ3) is 3.18. The molecule has 2 aliphatic carbocycles. The Balaban J connectivity index is 1.91. The van der Waals surface area contributed by atoms with E-state index >= 15 is 0 Å². The van der Waals surface area contributed by atoms with Crippen molar-refractivity contribution in [1.29, 1.82) is 0 Å². The fourth-order valence-corrected chi connectivity index (χ4v) is 4.77. The van der Waals surface area contributed by atoms with Gasteiger partial charge in [0.1, 0.15) is 0 Å². The molecule has 7 atom stereocenters. The molecule has 3 rings (SSSR count). The van der Waals surface area contributed by atoms with Crippen molar-refractivity contribution >= 4 is 5.97 Å². The first-order valence-corrected chi connectivity index (χ1v) is 9.25. The molecular weight excluding hydrogens is 304 g/mol. The summed E-state index contributed by atoms with van der Waals surface area (Å²) in [6.45, 7) is 8.45. The van der Waals surface area contributed by atoms with E-state index in [1.54, 1.807) is 0 Å². The zero-order valence-corrected chi connectivity index (χ0v) is 15.2. The summed E-state index contributed by atoms with van der Waals surface area (Å²) in [5, 5.41) is 21.2. The topological polar surface area (TPSA) is 66.8 Å². The Bertz CT molecular complexity index is 572. The monoisotopic (exact) mass is 334 g/mol. The highest BCUT2D eigenvalue weighted by Gasteiger charge is 2.54. The number of hydrogen-bond donors (Lipinski definition) is 2. The van der Waals surface area contributed by atoms with Crippen LogP contribution in [0.3, 0.4) is 0 Å². The summed E-state index contributed by atoms with van der Waals surface area (Å²) in [7, 11) is 0. The lowest BCUT2D eigenvalue weighted by molar-refractivity contribution is -0.153. The maximum atomic E-state index is 12.3. The lowest BCUT2D eigenvalue weighted by Gasteiger charge is -2.34. The van der Waals surface area contributed by atoms with Gasteiger partial charge in [0.15, 0.2) is 0 Å². The number of allylic oxidation sites excluding steroid dienone is 2. The smallest absolute Gasteiger partial charge is 0.337 e. The van der Waals surface area contributed by atoms with Gasteiger partial charge in [-0.15, -0.1) is 0 Å². The van der Waals surface area contributed by atoms with Crippen molar-refractivity contribution in [2.75, 3.05) is 0 Å². The van der Waals surface area contributed by atoms with E-state index in [9.17, 15) is 15.0 Å². The van der Waals surface area contributed by atoms with E-state index < -0.39 is 12.4 Å². The Labute approximate surface area is 144 Å². The minimum absolute atomic E-state index is 0.187. The van der Waals surface area contributed by atoms with Crippen molar-refractivity contribution in [2.24, 2.45) is 29.6 Å². The molecule has 0 aromatic carbocycles. The van der Waals surface area contributed by atoms with Crippen molar-refractivity contribution in [3.05, 3.63) is 22.8 Å². The second-order valence-corrected chi connectivity index (χ2v) is 8.27. The lowest BCUT2D eigenvalue weighted by Crippen LogP contribution is -2.35. The number of cyclic esters (lactones) is 1. The Kier molecular flexibility index (Phi) is 4.89. The van der Waals surface area contributed by atoms with Gasteiger partial charge in [0.05, 0.1) is 6.10 Å². The summed E-state index contributed by atoms with van der Waals surface area (Å²) < 4.78 is 5.14. The number of carbonyl (C=O) groups is 1. The van der Waals surface area contributed by atoms with Gasteiger partial charge in [-0.05, 0) is 63.2 Å². The van der Waals surface area contributed by atoms with Gasteiger partial charge in [-0.1, -0.05) is 25.5 Å². The average molecular weight is 334 g/mol. The van der Waals surface area contributed by atoms with E-state index in [1.165, 1.54) is 5.57 Å². The Morgan fingerprint density at radius 2 is 2.04 bits per heavy atom. The molecular formula is C20H30O4. The first-order valence-electron chi connectivity index (χ1n) is 9.25. The molecule has 1 heterocycles. The number of aliphatic hydroxyl groups excluding tert-OH is 2. The second-order valence-electron chi connectivity index (χ2n) is 8.27. The summed E-state index contributed by atoms with van der Waals surface area (Å²) in [6.07, 6.45) is 4.08. The van der Waals surface area contributed by atoms with Crippen LogP contribution in [0.2, 0.25) is 0 Å². The van der Waals surface area contributed by atoms with Crippen LogP contribution < -0.4 is 0 Å². The number of carbonyl (C=O) groups excluding carboxylic acids is 1. The molecule has 7 unspecified atom stereocenters. The highest BCUT2D eigenvalue weighted by molar-refractivity contribution is 5.93. The SMILES string of the molecule is CC(C)=CCCC(C)C1C2=C(C(=O)OC2O)C2CC2C(C)CC1O. The van der Waals surface area contributed by atoms with E-state index in [0.29, 0.717) is 23.0 Å². The Morgan fingerprint density at radius 3 is 2.71 bits per heavy atom. The molecule has 4 nitrogen and oxygen atoms in total. The van der Waals surface area contributed by atoms with Gasteiger partial charge >= 0.3 is 5.97 Å². The molecule has 3 aliphatic rings. The molecule has 1 fully saturated rings. The standard InChI is InChI=1S/C20H30O4/c1-10(2)6-5-7-11(3)16-15(21)8-12(4)13-9-14(13)17-18(16)20(23)24-19(17)22/h6,11-16,20-21,23H,5,7-9H2,1-4H3.